The maximum absolute atomic E-state index is 10.2. The number of hydrogen-bond acceptors (Lipinski definition) is 3. The Morgan fingerprint density at radius 2 is 2.27 bits per heavy atom. The van der Waals surface area contributed by atoms with Crippen LogP contribution >= 0.6 is 0 Å². The van der Waals surface area contributed by atoms with Gasteiger partial charge in [0.05, 0.1) is 6.10 Å². The number of ether oxygens (including phenoxy) is 2. The van der Waals surface area contributed by atoms with Crippen molar-refractivity contribution in [2.24, 2.45) is 0 Å². The Morgan fingerprint density at radius 1 is 1.55 bits per heavy atom. The normalized spacial score (nSPS) is 37.0. The van der Waals surface area contributed by atoms with Crippen LogP contribution in [0.4, 0.5) is 0 Å². The lowest BCUT2D eigenvalue weighted by Gasteiger charge is -2.08. The van der Waals surface area contributed by atoms with Crippen LogP contribution in [0, 0.1) is 0 Å². The molecule has 0 amide bonds. The van der Waals surface area contributed by atoms with Crippen molar-refractivity contribution >= 4 is 6.29 Å². The van der Waals surface area contributed by atoms with Gasteiger partial charge in [0.15, 0.2) is 6.29 Å². The Morgan fingerprint density at radius 3 is 2.64 bits per heavy atom. The first-order valence-corrected chi connectivity index (χ1v) is 3.70. The van der Waals surface area contributed by atoms with Crippen molar-refractivity contribution in [3.63, 3.8) is 0 Å². The third-order valence-corrected chi connectivity index (χ3v) is 1.71. The molecule has 0 spiro atoms. The third-order valence-electron chi connectivity index (χ3n) is 1.71. The van der Waals surface area contributed by atoms with Crippen molar-refractivity contribution in [3.05, 3.63) is 12.7 Å². The second-order valence-electron chi connectivity index (χ2n) is 2.42. The van der Waals surface area contributed by atoms with E-state index in [2.05, 4.69) is 6.58 Å². The zero-order chi connectivity index (χ0) is 8.27. The van der Waals surface area contributed by atoms with Gasteiger partial charge in [-0.25, -0.2) is 0 Å². The minimum absolute atomic E-state index is 0.0114. The minimum atomic E-state index is -0.692. The molecule has 1 fully saturated rings. The summed E-state index contributed by atoms with van der Waals surface area (Å²) in [5, 5.41) is 0. The molecular weight excluding hydrogens is 144 g/mol. The molecule has 3 heteroatoms. The van der Waals surface area contributed by atoms with E-state index >= 15 is 0 Å². The van der Waals surface area contributed by atoms with E-state index in [4.69, 9.17) is 9.47 Å². The van der Waals surface area contributed by atoms with Gasteiger partial charge in [-0.05, 0) is 6.42 Å². The predicted octanol–water partition coefficient (Wildman–Crippen LogP) is 0.891. The number of aldehydes is 1. The fraction of sp³-hybridized carbons (Fsp3) is 0.625. The maximum atomic E-state index is 10.2. The minimum Gasteiger partial charge on any atom is -0.340 e. The van der Waals surface area contributed by atoms with Gasteiger partial charge in [-0.2, -0.15) is 0 Å². The quantitative estimate of drug-likeness (QED) is 0.449. The molecule has 11 heavy (non-hydrogen) atoms. The Kier molecular flexibility index (Phi) is 2.79. The van der Waals surface area contributed by atoms with Gasteiger partial charge in [0.1, 0.15) is 6.10 Å². The number of hydrogen-bond donors (Lipinski definition) is 0. The van der Waals surface area contributed by atoms with Crippen LogP contribution in [-0.4, -0.2) is 24.8 Å². The summed E-state index contributed by atoms with van der Waals surface area (Å²) in [6, 6.07) is 0. The van der Waals surface area contributed by atoms with E-state index in [9.17, 15) is 4.79 Å². The lowest BCUT2D eigenvalue weighted by Crippen LogP contribution is -2.18. The summed E-state index contributed by atoms with van der Waals surface area (Å²) in [4.78, 5) is 10.2. The molecule has 3 nitrogen and oxygen atoms in total. The lowest BCUT2D eigenvalue weighted by molar-refractivity contribution is -0.133. The van der Waals surface area contributed by atoms with Crippen molar-refractivity contribution in [1.82, 2.24) is 0 Å². The largest absolute Gasteiger partial charge is 0.340 e. The van der Waals surface area contributed by atoms with E-state index in [0.717, 1.165) is 6.42 Å². The topological polar surface area (TPSA) is 35.5 Å². The van der Waals surface area contributed by atoms with Crippen LogP contribution < -0.4 is 0 Å². The first-order chi connectivity index (χ1) is 5.31. The van der Waals surface area contributed by atoms with E-state index in [1.54, 1.807) is 6.08 Å². The van der Waals surface area contributed by atoms with Crippen molar-refractivity contribution in [2.75, 3.05) is 0 Å². The maximum Gasteiger partial charge on any atom is 0.215 e. The van der Waals surface area contributed by atoms with Gasteiger partial charge in [0.25, 0.3) is 0 Å². The summed E-state index contributed by atoms with van der Waals surface area (Å²) in [6.07, 6.45) is 2.33. The van der Waals surface area contributed by atoms with Gasteiger partial charge in [0.2, 0.25) is 6.29 Å². The van der Waals surface area contributed by atoms with Crippen molar-refractivity contribution in [2.45, 2.75) is 31.8 Å². The summed E-state index contributed by atoms with van der Waals surface area (Å²) in [6.45, 7) is 5.57. The van der Waals surface area contributed by atoms with Crippen LogP contribution in [0.1, 0.15) is 13.3 Å². The number of carbonyl (C=O) groups excluding carboxylic acids is 1. The molecule has 1 aliphatic heterocycles. The average Bonchev–Trinajstić information content (AvgIpc) is 2.46. The molecule has 0 aromatic carbocycles. The second kappa shape index (κ2) is 3.64. The molecule has 0 aromatic rings. The highest BCUT2D eigenvalue weighted by Gasteiger charge is 2.32. The highest BCUT2D eigenvalue weighted by atomic mass is 16.7. The summed E-state index contributed by atoms with van der Waals surface area (Å²) < 4.78 is 10.4. The molecular formula is C8H12O3. The van der Waals surface area contributed by atoms with Crippen molar-refractivity contribution < 1.29 is 14.3 Å². The first kappa shape index (κ1) is 8.43. The average molecular weight is 156 g/mol. The molecule has 62 valence electrons. The van der Waals surface area contributed by atoms with Gasteiger partial charge in [-0.15, -0.1) is 6.58 Å². The molecule has 1 rings (SSSR count). The summed E-state index contributed by atoms with van der Waals surface area (Å²) >= 11 is 0. The van der Waals surface area contributed by atoms with Gasteiger partial charge in [0, 0.05) is 0 Å². The summed E-state index contributed by atoms with van der Waals surface area (Å²) in [7, 11) is 0. The second-order valence-corrected chi connectivity index (χ2v) is 2.42. The summed E-state index contributed by atoms with van der Waals surface area (Å²) in [5.74, 6) is 0. The van der Waals surface area contributed by atoms with E-state index < -0.39 is 6.29 Å². The molecule has 3 unspecified atom stereocenters. The molecule has 0 saturated carbocycles. The van der Waals surface area contributed by atoms with Crippen molar-refractivity contribution in [1.29, 1.82) is 0 Å². The van der Waals surface area contributed by atoms with Gasteiger partial charge >= 0.3 is 0 Å². The number of rotatable bonds is 3. The highest BCUT2D eigenvalue weighted by molar-refractivity contribution is 5.54. The van der Waals surface area contributed by atoms with Crippen LogP contribution in [-0.2, 0) is 14.3 Å². The monoisotopic (exact) mass is 156 g/mol. The van der Waals surface area contributed by atoms with E-state index in [0.29, 0.717) is 6.29 Å². The molecule has 1 aliphatic rings. The predicted molar refractivity (Wildman–Crippen MR) is 40.1 cm³/mol. The third kappa shape index (κ3) is 1.67. The SMILES string of the molecule is C=CC1OC(C=O)OC1CC. The van der Waals surface area contributed by atoms with E-state index in [1.807, 2.05) is 6.92 Å². The van der Waals surface area contributed by atoms with Crippen LogP contribution in [0.15, 0.2) is 12.7 Å². The van der Waals surface area contributed by atoms with Crippen LogP contribution in [0.5, 0.6) is 0 Å². The van der Waals surface area contributed by atoms with Gasteiger partial charge in [-0.1, -0.05) is 13.0 Å². The fourth-order valence-corrected chi connectivity index (χ4v) is 1.12. The molecule has 3 atom stereocenters. The standard InChI is InChI=1S/C8H12O3/c1-3-6-7(4-2)11-8(5-9)10-6/h3,5-8H,1,4H2,2H3. The molecule has 1 heterocycles. The van der Waals surface area contributed by atoms with Crippen LogP contribution in [0.2, 0.25) is 0 Å². The van der Waals surface area contributed by atoms with Crippen LogP contribution in [0.25, 0.3) is 0 Å². The Labute approximate surface area is 66.0 Å². The smallest absolute Gasteiger partial charge is 0.215 e. The zero-order valence-corrected chi connectivity index (χ0v) is 6.53. The summed E-state index contributed by atoms with van der Waals surface area (Å²) in [5.41, 5.74) is 0. The Hall–Kier alpha value is -0.670. The van der Waals surface area contributed by atoms with Gasteiger partial charge in [-0.3, -0.25) is 4.79 Å². The Balaban J connectivity index is 2.53. The van der Waals surface area contributed by atoms with Gasteiger partial charge < -0.3 is 9.47 Å². The molecule has 0 bridgehead atoms. The fourth-order valence-electron chi connectivity index (χ4n) is 1.12. The molecule has 0 N–H and O–H groups in total. The number of carbonyl (C=O) groups is 1. The highest BCUT2D eigenvalue weighted by Crippen LogP contribution is 2.20. The van der Waals surface area contributed by atoms with Crippen LogP contribution in [0.3, 0.4) is 0 Å². The Bertz CT molecular complexity index is 155. The lowest BCUT2D eigenvalue weighted by atomic mass is 10.1. The molecule has 0 aliphatic carbocycles. The van der Waals surface area contributed by atoms with E-state index in [1.165, 1.54) is 0 Å². The molecule has 0 radical (unpaired) electrons. The van der Waals surface area contributed by atoms with Crippen molar-refractivity contribution in [3.8, 4) is 0 Å². The first-order valence-electron chi connectivity index (χ1n) is 3.70. The van der Waals surface area contributed by atoms with E-state index in [-0.39, 0.29) is 12.2 Å². The molecule has 1 saturated heterocycles. The zero-order valence-electron chi connectivity index (χ0n) is 6.53. The molecule has 0 aromatic heterocycles.